The lowest BCUT2D eigenvalue weighted by Crippen LogP contribution is -2.17. The summed E-state index contributed by atoms with van der Waals surface area (Å²) in [5, 5.41) is 1.08. The van der Waals surface area contributed by atoms with Gasteiger partial charge in [-0.2, -0.15) is 0 Å². The summed E-state index contributed by atoms with van der Waals surface area (Å²) in [6, 6.07) is 9.91. The predicted octanol–water partition coefficient (Wildman–Crippen LogP) is 5.94. The van der Waals surface area contributed by atoms with Crippen LogP contribution in [0.2, 0.25) is 10.0 Å². The summed E-state index contributed by atoms with van der Waals surface area (Å²) in [5.74, 6) is 0.278. The van der Waals surface area contributed by atoms with Crippen LogP contribution in [0.3, 0.4) is 0 Å². The van der Waals surface area contributed by atoms with E-state index in [9.17, 15) is 4.79 Å². The summed E-state index contributed by atoms with van der Waals surface area (Å²) in [6.07, 6.45) is 0.267. The van der Waals surface area contributed by atoms with Crippen molar-refractivity contribution in [1.82, 2.24) is 0 Å². The van der Waals surface area contributed by atoms with Crippen molar-refractivity contribution in [3.63, 3.8) is 0 Å². The Labute approximate surface area is 154 Å². The van der Waals surface area contributed by atoms with Gasteiger partial charge in [-0.25, -0.2) is 0 Å². The van der Waals surface area contributed by atoms with Gasteiger partial charge in [0.05, 0.1) is 16.5 Å². The van der Waals surface area contributed by atoms with E-state index in [1.165, 1.54) is 0 Å². The molecule has 2 N–H and O–H groups in total. The molecular weight excluding hydrogens is 341 g/mol. The maximum Gasteiger partial charge on any atom is 0.221 e. The van der Waals surface area contributed by atoms with Gasteiger partial charge in [-0.3, -0.25) is 4.79 Å². The Morgan fingerprint density at radius 1 is 0.917 bits per heavy atom. The van der Waals surface area contributed by atoms with Crippen LogP contribution >= 0.6 is 23.2 Å². The minimum Gasteiger partial charge on any atom is -0.369 e. The lowest BCUT2D eigenvalue weighted by molar-refractivity contribution is -0.117. The first-order chi connectivity index (χ1) is 11.2. The average molecular weight is 364 g/mol. The predicted molar refractivity (Wildman–Crippen MR) is 103 cm³/mol. The molecule has 0 bridgehead atoms. The van der Waals surface area contributed by atoms with Crippen molar-refractivity contribution in [3.8, 4) is 11.1 Å². The second-order valence-electron chi connectivity index (χ2n) is 6.71. The van der Waals surface area contributed by atoms with Crippen LogP contribution < -0.4 is 5.73 Å². The van der Waals surface area contributed by atoms with Gasteiger partial charge in [0.25, 0.3) is 0 Å². The zero-order chi connectivity index (χ0) is 18.0. The number of amides is 1. The lowest BCUT2D eigenvalue weighted by Gasteiger charge is -2.21. The molecule has 1 amide bonds. The molecule has 0 saturated heterocycles. The third kappa shape index (κ3) is 4.12. The fourth-order valence-corrected chi connectivity index (χ4v) is 3.27. The molecule has 0 atom stereocenters. The number of hydrogen-bond acceptors (Lipinski definition) is 1. The van der Waals surface area contributed by atoms with Crippen LogP contribution in [-0.2, 0) is 11.2 Å². The van der Waals surface area contributed by atoms with Gasteiger partial charge in [-0.1, -0.05) is 69.1 Å². The molecule has 0 aliphatic carbocycles. The highest BCUT2D eigenvalue weighted by Crippen LogP contribution is 2.35. The van der Waals surface area contributed by atoms with Crippen LogP contribution in [0, 0.1) is 0 Å². The number of rotatable bonds is 5. The molecule has 0 saturated carbocycles. The molecule has 0 unspecified atom stereocenters. The number of benzene rings is 2. The first-order valence-electron chi connectivity index (χ1n) is 8.11. The smallest absolute Gasteiger partial charge is 0.221 e. The van der Waals surface area contributed by atoms with E-state index in [1.54, 1.807) is 6.07 Å². The molecule has 128 valence electrons. The largest absolute Gasteiger partial charge is 0.369 e. The van der Waals surface area contributed by atoms with Gasteiger partial charge in [0.2, 0.25) is 5.91 Å². The Kier molecular flexibility index (Phi) is 5.95. The zero-order valence-electron chi connectivity index (χ0n) is 14.5. The van der Waals surface area contributed by atoms with Crippen LogP contribution in [0.5, 0.6) is 0 Å². The van der Waals surface area contributed by atoms with Gasteiger partial charge in [-0.05, 0) is 51.8 Å². The number of primary amides is 1. The van der Waals surface area contributed by atoms with Gasteiger partial charge in [-0.15, -0.1) is 0 Å². The van der Waals surface area contributed by atoms with Gasteiger partial charge < -0.3 is 5.73 Å². The fraction of sp³-hybridized carbons (Fsp3) is 0.350. The van der Waals surface area contributed by atoms with Crippen LogP contribution in [-0.4, -0.2) is 5.91 Å². The highest BCUT2D eigenvalue weighted by Gasteiger charge is 2.18. The van der Waals surface area contributed by atoms with E-state index < -0.39 is 0 Å². The lowest BCUT2D eigenvalue weighted by atomic mass is 9.84. The van der Waals surface area contributed by atoms with Crippen LogP contribution in [0.25, 0.3) is 11.1 Å². The Bertz CT molecular complexity index is 737. The minimum absolute atomic E-state index is 0.267. The van der Waals surface area contributed by atoms with E-state index in [2.05, 4.69) is 39.8 Å². The quantitative estimate of drug-likeness (QED) is 0.701. The highest BCUT2D eigenvalue weighted by molar-refractivity contribution is 6.42. The molecule has 2 aromatic carbocycles. The van der Waals surface area contributed by atoms with Gasteiger partial charge in [0, 0.05) is 0 Å². The highest BCUT2D eigenvalue weighted by atomic mass is 35.5. The van der Waals surface area contributed by atoms with Crippen molar-refractivity contribution in [1.29, 1.82) is 0 Å². The normalized spacial score (nSPS) is 11.3. The van der Waals surface area contributed by atoms with E-state index in [0.717, 1.165) is 27.8 Å². The van der Waals surface area contributed by atoms with E-state index in [0.29, 0.717) is 21.9 Å². The molecule has 0 aliphatic heterocycles. The zero-order valence-corrected chi connectivity index (χ0v) is 16.0. The second-order valence-corrected chi connectivity index (χ2v) is 7.53. The average Bonchev–Trinajstić information content (AvgIpc) is 2.49. The summed E-state index contributed by atoms with van der Waals surface area (Å²) in [7, 11) is 0. The van der Waals surface area contributed by atoms with Crippen LogP contribution in [0.1, 0.15) is 56.2 Å². The molecule has 2 nitrogen and oxygen atoms in total. The molecule has 0 radical (unpaired) electrons. The monoisotopic (exact) mass is 363 g/mol. The Balaban J connectivity index is 2.70. The van der Waals surface area contributed by atoms with Crippen molar-refractivity contribution in [2.75, 3.05) is 0 Å². The SMILES string of the molecule is CC(C)c1cc(-c2ccc(Cl)c(Cl)c2)cc(C(C)C)c1CC(N)=O. The van der Waals surface area contributed by atoms with Crippen molar-refractivity contribution < 1.29 is 4.79 Å². The number of carbonyl (C=O) groups is 1. The van der Waals surface area contributed by atoms with Crippen LogP contribution in [0.15, 0.2) is 30.3 Å². The Hall–Kier alpha value is -1.51. The number of nitrogens with two attached hydrogens (primary N) is 1. The number of halogens is 2. The van der Waals surface area contributed by atoms with Gasteiger partial charge in [0.15, 0.2) is 0 Å². The standard InChI is InChI=1S/C20H23Cl2NO/c1-11(2)15-7-14(13-5-6-18(21)19(22)9-13)8-16(12(3)4)17(15)10-20(23)24/h5-9,11-12H,10H2,1-4H3,(H2,23,24). The fourth-order valence-electron chi connectivity index (χ4n) is 2.97. The maximum atomic E-state index is 11.5. The summed E-state index contributed by atoms with van der Waals surface area (Å²) >= 11 is 12.2. The molecule has 0 fully saturated rings. The van der Waals surface area contributed by atoms with Crippen molar-refractivity contribution in [3.05, 3.63) is 57.1 Å². The molecular formula is C20H23Cl2NO. The van der Waals surface area contributed by atoms with E-state index in [-0.39, 0.29) is 12.3 Å². The van der Waals surface area contributed by atoms with Crippen LogP contribution in [0.4, 0.5) is 0 Å². The number of carbonyl (C=O) groups excluding carboxylic acids is 1. The molecule has 2 aromatic rings. The third-order valence-electron chi connectivity index (χ3n) is 4.17. The van der Waals surface area contributed by atoms with Gasteiger partial charge in [0.1, 0.15) is 0 Å². The Morgan fingerprint density at radius 3 is 1.88 bits per heavy atom. The summed E-state index contributed by atoms with van der Waals surface area (Å²) < 4.78 is 0. The minimum atomic E-state index is -0.305. The summed E-state index contributed by atoms with van der Waals surface area (Å²) in [4.78, 5) is 11.5. The molecule has 0 heterocycles. The second kappa shape index (κ2) is 7.58. The van der Waals surface area contributed by atoms with Crippen molar-refractivity contribution >= 4 is 29.1 Å². The van der Waals surface area contributed by atoms with Gasteiger partial charge >= 0.3 is 0 Å². The summed E-state index contributed by atoms with van der Waals surface area (Å²) in [5.41, 5.74) is 10.9. The third-order valence-corrected chi connectivity index (χ3v) is 4.91. The van der Waals surface area contributed by atoms with E-state index in [1.807, 2.05) is 12.1 Å². The summed E-state index contributed by atoms with van der Waals surface area (Å²) in [6.45, 7) is 8.51. The maximum absolute atomic E-state index is 11.5. The number of hydrogen-bond donors (Lipinski definition) is 1. The molecule has 24 heavy (non-hydrogen) atoms. The first kappa shape index (κ1) is 18.8. The molecule has 0 aromatic heterocycles. The topological polar surface area (TPSA) is 43.1 Å². The molecule has 4 heteroatoms. The van der Waals surface area contributed by atoms with Crippen molar-refractivity contribution in [2.24, 2.45) is 5.73 Å². The first-order valence-corrected chi connectivity index (χ1v) is 8.86. The van der Waals surface area contributed by atoms with E-state index in [4.69, 9.17) is 28.9 Å². The van der Waals surface area contributed by atoms with Crippen molar-refractivity contribution in [2.45, 2.75) is 46.0 Å². The molecule has 0 spiro atoms. The Morgan fingerprint density at radius 2 is 1.46 bits per heavy atom. The molecule has 0 aliphatic rings. The molecule has 2 rings (SSSR count). The van der Waals surface area contributed by atoms with E-state index >= 15 is 0 Å².